The lowest BCUT2D eigenvalue weighted by atomic mass is 9.98. The Morgan fingerprint density at radius 3 is 2.74 bits per heavy atom. The highest BCUT2D eigenvalue weighted by molar-refractivity contribution is 7.93. The predicted octanol–water partition coefficient (Wildman–Crippen LogP) is 0.353. The molecule has 0 aromatic heterocycles. The van der Waals surface area contributed by atoms with E-state index in [-0.39, 0.29) is 12.5 Å². The van der Waals surface area contributed by atoms with Crippen LogP contribution in [0.2, 0.25) is 0 Å². The number of carboxylic acids is 1. The first-order valence-electron chi connectivity index (χ1n) is 5.97. The molecular weight excluding hydrogens is 268 g/mol. The van der Waals surface area contributed by atoms with Crippen molar-refractivity contribution in [2.24, 2.45) is 5.73 Å². The minimum Gasteiger partial charge on any atom is -0.480 e. The summed E-state index contributed by atoms with van der Waals surface area (Å²) in [5.41, 5.74) is 7.03. The number of nitrogens with zero attached hydrogens (tertiary/aromatic N) is 1. The molecule has 1 atom stereocenters. The van der Waals surface area contributed by atoms with Gasteiger partial charge in [0.2, 0.25) is 10.0 Å². The highest BCUT2D eigenvalue weighted by atomic mass is 32.2. The third-order valence-electron chi connectivity index (χ3n) is 3.19. The van der Waals surface area contributed by atoms with Gasteiger partial charge in [-0.1, -0.05) is 18.2 Å². The van der Waals surface area contributed by atoms with Crippen molar-refractivity contribution in [1.29, 1.82) is 0 Å². The molecule has 104 valence electrons. The van der Waals surface area contributed by atoms with Crippen LogP contribution >= 0.6 is 0 Å². The van der Waals surface area contributed by atoms with Gasteiger partial charge in [0.05, 0.1) is 5.69 Å². The molecule has 6 nitrogen and oxygen atoms in total. The van der Waals surface area contributed by atoms with Crippen molar-refractivity contribution in [3.8, 4) is 0 Å². The van der Waals surface area contributed by atoms with Crippen LogP contribution in [-0.2, 0) is 14.8 Å². The SMILES string of the molecule is NCCC1CN(S(=O)(=O)CC(=O)O)c2ccccc21. The molecule has 0 bridgehead atoms. The molecule has 1 aromatic rings. The number of fused-ring (bicyclic) bond motifs is 1. The molecule has 2 rings (SSSR count). The Labute approximate surface area is 111 Å². The van der Waals surface area contributed by atoms with Crippen molar-refractivity contribution in [3.05, 3.63) is 29.8 Å². The van der Waals surface area contributed by atoms with E-state index in [1.807, 2.05) is 12.1 Å². The lowest BCUT2D eigenvalue weighted by Gasteiger charge is -2.18. The topological polar surface area (TPSA) is 101 Å². The van der Waals surface area contributed by atoms with E-state index < -0.39 is 21.7 Å². The zero-order valence-electron chi connectivity index (χ0n) is 10.3. The fourth-order valence-electron chi connectivity index (χ4n) is 2.40. The Morgan fingerprint density at radius 2 is 2.11 bits per heavy atom. The second-order valence-electron chi connectivity index (χ2n) is 4.51. The number of anilines is 1. The molecule has 7 heteroatoms. The van der Waals surface area contributed by atoms with Gasteiger partial charge in [0.25, 0.3) is 0 Å². The molecule has 1 heterocycles. The third kappa shape index (κ3) is 2.71. The summed E-state index contributed by atoms with van der Waals surface area (Å²) in [5.74, 6) is -2.21. The van der Waals surface area contributed by atoms with Crippen LogP contribution in [0.5, 0.6) is 0 Å². The molecule has 0 saturated heterocycles. The number of hydrogen-bond acceptors (Lipinski definition) is 4. The molecule has 1 aromatic carbocycles. The molecular formula is C12H16N2O4S. The quantitative estimate of drug-likeness (QED) is 0.812. The van der Waals surface area contributed by atoms with Gasteiger partial charge in [0.15, 0.2) is 5.75 Å². The summed E-state index contributed by atoms with van der Waals surface area (Å²) >= 11 is 0. The smallest absolute Gasteiger partial charge is 0.320 e. The van der Waals surface area contributed by atoms with Gasteiger partial charge >= 0.3 is 5.97 Å². The first kappa shape index (κ1) is 13.8. The zero-order chi connectivity index (χ0) is 14.0. The zero-order valence-corrected chi connectivity index (χ0v) is 11.1. The molecule has 0 amide bonds. The van der Waals surface area contributed by atoms with Crippen LogP contribution in [0.3, 0.4) is 0 Å². The minimum atomic E-state index is -3.83. The Bertz CT molecular complexity index is 585. The fraction of sp³-hybridized carbons (Fsp3) is 0.417. The number of benzene rings is 1. The molecule has 0 radical (unpaired) electrons. The predicted molar refractivity (Wildman–Crippen MR) is 71.6 cm³/mol. The average molecular weight is 284 g/mol. The van der Waals surface area contributed by atoms with E-state index in [4.69, 9.17) is 10.8 Å². The number of carboxylic acid groups (broad SMARTS) is 1. The Balaban J connectivity index is 2.37. The van der Waals surface area contributed by atoms with Crippen molar-refractivity contribution in [1.82, 2.24) is 0 Å². The molecule has 0 saturated carbocycles. The maximum Gasteiger partial charge on any atom is 0.320 e. The van der Waals surface area contributed by atoms with Crippen LogP contribution in [0.15, 0.2) is 24.3 Å². The van der Waals surface area contributed by atoms with Gasteiger partial charge in [-0.25, -0.2) is 8.42 Å². The van der Waals surface area contributed by atoms with E-state index in [1.54, 1.807) is 12.1 Å². The molecule has 1 aliphatic heterocycles. The van der Waals surface area contributed by atoms with Crippen molar-refractivity contribution >= 4 is 21.7 Å². The number of sulfonamides is 1. The number of rotatable bonds is 5. The summed E-state index contributed by atoms with van der Waals surface area (Å²) in [6.07, 6.45) is 0.677. The largest absolute Gasteiger partial charge is 0.480 e. The lowest BCUT2D eigenvalue weighted by molar-refractivity contribution is -0.134. The second-order valence-corrected chi connectivity index (χ2v) is 6.41. The minimum absolute atomic E-state index is 0.0322. The van der Waals surface area contributed by atoms with E-state index in [2.05, 4.69) is 0 Å². The van der Waals surface area contributed by atoms with Crippen molar-refractivity contribution < 1.29 is 18.3 Å². The monoisotopic (exact) mass is 284 g/mol. The summed E-state index contributed by atoms with van der Waals surface area (Å²) in [6.45, 7) is 0.734. The van der Waals surface area contributed by atoms with Crippen LogP contribution in [-0.4, -0.2) is 38.3 Å². The summed E-state index contributed by atoms with van der Waals surface area (Å²) in [7, 11) is -3.83. The highest BCUT2D eigenvalue weighted by Gasteiger charge is 2.35. The van der Waals surface area contributed by atoms with Crippen LogP contribution in [0.1, 0.15) is 17.9 Å². The van der Waals surface area contributed by atoms with Crippen LogP contribution < -0.4 is 10.0 Å². The number of aliphatic carboxylic acids is 1. The maximum absolute atomic E-state index is 12.1. The van der Waals surface area contributed by atoms with Crippen LogP contribution in [0.4, 0.5) is 5.69 Å². The van der Waals surface area contributed by atoms with E-state index in [0.717, 1.165) is 5.56 Å². The van der Waals surface area contributed by atoms with E-state index in [1.165, 1.54) is 4.31 Å². The van der Waals surface area contributed by atoms with Gasteiger partial charge in [-0.2, -0.15) is 0 Å². The second kappa shape index (κ2) is 5.18. The number of carbonyl (C=O) groups is 1. The standard InChI is InChI=1S/C12H16N2O4S/c13-6-5-9-7-14(19(17,18)8-12(15)16)11-4-2-1-3-10(9)11/h1-4,9H,5-8,13H2,(H,15,16). The molecule has 1 aliphatic rings. The number of para-hydroxylation sites is 1. The van der Waals surface area contributed by atoms with Gasteiger partial charge in [-0.15, -0.1) is 0 Å². The van der Waals surface area contributed by atoms with Gasteiger partial charge in [-0.05, 0) is 24.6 Å². The molecule has 3 N–H and O–H groups in total. The van der Waals surface area contributed by atoms with Crippen molar-refractivity contribution in [2.45, 2.75) is 12.3 Å². The summed E-state index contributed by atoms with van der Waals surface area (Å²) in [6, 6.07) is 7.15. The lowest BCUT2D eigenvalue weighted by Crippen LogP contribution is -2.34. The summed E-state index contributed by atoms with van der Waals surface area (Å²) in [5, 5.41) is 8.70. The van der Waals surface area contributed by atoms with E-state index in [9.17, 15) is 13.2 Å². The Morgan fingerprint density at radius 1 is 1.42 bits per heavy atom. The van der Waals surface area contributed by atoms with Gasteiger partial charge in [0, 0.05) is 12.5 Å². The van der Waals surface area contributed by atoms with Crippen LogP contribution in [0.25, 0.3) is 0 Å². The van der Waals surface area contributed by atoms with E-state index in [0.29, 0.717) is 18.7 Å². The summed E-state index contributed by atoms with van der Waals surface area (Å²) < 4.78 is 25.3. The Hall–Kier alpha value is -1.60. The number of nitrogens with two attached hydrogens (primary N) is 1. The first-order valence-corrected chi connectivity index (χ1v) is 7.58. The first-order chi connectivity index (χ1) is 8.95. The average Bonchev–Trinajstić information content (AvgIpc) is 2.68. The van der Waals surface area contributed by atoms with Gasteiger partial charge < -0.3 is 10.8 Å². The van der Waals surface area contributed by atoms with Crippen molar-refractivity contribution in [3.63, 3.8) is 0 Å². The molecule has 0 spiro atoms. The van der Waals surface area contributed by atoms with Crippen LogP contribution in [0, 0.1) is 0 Å². The van der Waals surface area contributed by atoms with Gasteiger partial charge in [0.1, 0.15) is 0 Å². The Kier molecular flexibility index (Phi) is 3.77. The highest BCUT2D eigenvalue weighted by Crippen LogP contribution is 2.39. The normalized spacial score (nSPS) is 18.4. The molecule has 1 unspecified atom stereocenters. The number of hydrogen-bond donors (Lipinski definition) is 2. The molecule has 0 fully saturated rings. The maximum atomic E-state index is 12.1. The van der Waals surface area contributed by atoms with Gasteiger partial charge in [-0.3, -0.25) is 9.10 Å². The summed E-state index contributed by atoms with van der Waals surface area (Å²) in [4.78, 5) is 10.7. The third-order valence-corrected chi connectivity index (χ3v) is 4.82. The van der Waals surface area contributed by atoms with E-state index >= 15 is 0 Å². The van der Waals surface area contributed by atoms with Crippen molar-refractivity contribution in [2.75, 3.05) is 23.1 Å². The fourth-order valence-corrected chi connectivity index (χ4v) is 3.74. The molecule has 19 heavy (non-hydrogen) atoms. The molecule has 0 aliphatic carbocycles.